The molecule has 7 aromatic carbocycles. The molecule has 0 spiro atoms. The Bertz CT molecular complexity index is 2050. The Morgan fingerprint density at radius 1 is 0.528 bits per heavy atom. The van der Waals surface area contributed by atoms with E-state index in [1.165, 1.54) is 47.0 Å². The molecular formula is C43H36Cl2F6SiZr-2. The van der Waals surface area contributed by atoms with Crippen molar-refractivity contribution in [2.45, 2.75) is 45.1 Å². The molecule has 0 aliphatic carbocycles. The Kier molecular flexibility index (Phi) is 16.4. The average Bonchev–Trinajstić information content (AvgIpc) is 3.76. The van der Waals surface area contributed by atoms with Gasteiger partial charge in [-0.1, -0.05) is 61.4 Å². The average molecular weight is 857 g/mol. The number of fused-ring (bicyclic) bond motifs is 2. The van der Waals surface area contributed by atoms with E-state index in [-0.39, 0.29) is 24.8 Å². The molecule has 0 bridgehead atoms. The van der Waals surface area contributed by atoms with Gasteiger partial charge >= 0.3 is 83.8 Å². The number of benzene rings is 5. The van der Waals surface area contributed by atoms with E-state index in [0.717, 1.165) is 80.9 Å². The second kappa shape index (κ2) is 19.8. The normalized spacial score (nSPS) is 11.1. The Morgan fingerprint density at radius 3 is 1.26 bits per heavy atom. The van der Waals surface area contributed by atoms with E-state index in [9.17, 15) is 26.3 Å². The molecule has 0 nitrogen and oxygen atoms in total. The first-order valence-corrected chi connectivity index (χ1v) is 22.3. The zero-order chi connectivity index (χ0) is 36.6. The summed E-state index contributed by atoms with van der Waals surface area (Å²) in [6.07, 6.45) is -5.98. The Morgan fingerprint density at radius 2 is 0.925 bits per heavy atom. The van der Waals surface area contributed by atoms with Crippen molar-refractivity contribution in [1.82, 2.24) is 0 Å². The van der Waals surface area contributed by atoms with Crippen LogP contribution >= 0.6 is 0 Å². The van der Waals surface area contributed by atoms with E-state index in [1.54, 1.807) is 23.3 Å². The van der Waals surface area contributed by atoms with Gasteiger partial charge in [0.05, 0.1) is 11.1 Å². The number of rotatable bonds is 6. The van der Waals surface area contributed by atoms with Crippen molar-refractivity contribution in [3.63, 3.8) is 0 Å². The van der Waals surface area contributed by atoms with Crippen molar-refractivity contribution < 1.29 is 74.5 Å². The van der Waals surface area contributed by atoms with E-state index < -0.39 is 23.5 Å². The standard InChI is InChI=1S/2C18H14F3.C7H8Si.2ClH.Zr/c2*1-2-12-10-14-4-3-5-16(17(14)11-12)13-6-8-15(9-7-13)18(19,20)21;8-6-7-4-2-1-3-5-7;;;/h2*3-11H,2H2,1H3;1-5,8H,6H2;2*1H;/q2*-1;;;;+2/p-2. The second-order valence-electron chi connectivity index (χ2n) is 12.1. The summed E-state index contributed by atoms with van der Waals surface area (Å²) >= 11 is 1.72. The van der Waals surface area contributed by atoms with Crippen molar-refractivity contribution in [2.24, 2.45) is 0 Å². The molecule has 0 saturated heterocycles. The number of alkyl halides is 6. The van der Waals surface area contributed by atoms with E-state index in [4.69, 9.17) is 0 Å². The van der Waals surface area contributed by atoms with Gasteiger partial charge in [-0.05, 0) is 48.2 Å². The minimum atomic E-state index is -4.29. The summed E-state index contributed by atoms with van der Waals surface area (Å²) in [5.74, 6) is 0. The zero-order valence-electron chi connectivity index (χ0n) is 29.0. The first-order valence-electron chi connectivity index (χ1n) is 16.7. The monoisotopic (exact) mass is 854 g/mol. The van der Waals surface area contributed by atoms with Gasteiger partial charge in [0.2, 0.25) is 0 Å². The molecule has 0 heterocycles. The molecule has 0 radical (unpaired) electrons. The zero-order valence-corrected chi connectivity index (χ0v) is 34.1. The van der Waals surface area contributed by atoms with Crippen LogP contribution in [0, 0.1) is 0 Å². The molecule has 0 aromatic heterocycles. The van der Waals surface area contributed by atoms with Crippen molar-refractivity contribution in [3.05, 3.63) is 167 Å². The second-order valence-corrected chi connectivity index (χ2v) is 15.9. The van der Waals surface area contributed by atoms with Gasteiger partial charge < -0.3 is 24.8 Å². The van der Waals surface area contributed by atoms with Crippen LogP contribution in [0.1, 0.15) is 41.7 Å². The number of aryl methyl sites for hydroxylation is 2. The first kappa shape index (κ1) is 44.0. The first-order chi connectivity index (χ1) is 24.4. The van der Waals surface area contributed by atoms with Crippen molar-refractivity contribution >= 4 is 27.7 Å². The van der Waals surface area contributed by atoms with E-state index in [0.29, 0.717) is 6.16 Å². The summed E-state index contributed by atoms with van der Waals surface area (Å²) in [5.41, 5.74) is 6.31. The van der Waals surface area contributed by atoms with Crippen LogP contribution in [0.2, 0.25) is 0 Å². The molecule has 0 atom stereocenters. The fourth-order valence-corrected chi connectivity index (χ4v) is 8.16. The van der Waals surface area contributed by atoms with Gasteiger partial charge in [0.25, 0.3) is 0 Å². The summed E-state index contributed by atoms with van der Waals surface area (Å²) in [5, 5.41) is 4.44. The van der Waals surface area contributed by atoms with Gasteiger partial charge in [-0.3, -0.25) is 0 Å². The molecular weight excluding hydrogens is 821 g/mol. The Labute approximate surface area is 334 Å². The fourth-order valence-electron chi connectivity index (χ4n) is 5.91. The molecule has 0 aliphatic rings. The Hall–Kier alpha value is -3.42. The summed E-state index contributed by atoms with van der Waals surface area (Å²) < 4.78 is 75.7. The third-order valence-electron chi connectivity index (χ3n) is 8.66. The number of halogens is 8. The van der Waals surface area contributed by atoms with Crippen LogP contribution in [0.3, 0.4) is 0 Å². The van der Waals surface area contributed by atoms with Crippen LogP contribution in [0.5, 0.6) is 0 Å². The predicted molar refractivity (Wildman–Crippen MR) is 196 cm³/mol. The molecule has 0 fully saturated rings. The molecule has 53 heavy (non-hydrogen) atoms. The molecule has 7 aromatic rings. The topological polar surface area (TPSA) is 0 Å². The predicted octanol–water partition coefficient (Wildman–Crippen LogP) is 6.71. The molecule has 10 heteroatoms. The third-order valence-corrected chi connectivity index (χ3v) is 10.8. The van der Waals surface area contributed by atoms with Gasteiger partial charge in [-0.15, -0.1) is 69.1 Å². The van der Waals surface area contributed by atoms with Gasteiger partial charge in [0, 0.05) is 0 Å². The van der Waals surface area contributed by atoms with E-state index in [1.807, 2.05) is 36.4 Å². The summed E-state index contributed by atoms with van der Waals surface area (Å²) in [4.78, 5) is 0. The number of hydrogen-bond donors (Lipinski definition) is 0. The molecule has 274 valence electrons. The van der Waals surface area contributed by atoms with Crippen molar-refractivity contribution in [2.75, 3.05) is 0 Å². The van der Waals surface area contributed by atoms with Gasteiger partial charge in [0.15, 0.2) is 0 Å². The van der Waals surface area contributed by atoms with Crippen LogP contribution in [0.4, 0.5) is 26.3 Å². The fraction of sp³-hybridized carbons (Fsp3) is 0.163. The SMILES string of the molecule is CCc1cc2c(-c3ccc(C(F)(F)F)cc3)cccc2[cH-]1.CCc1cc2c(-c3ccc(C(F)(F)F)cc3)cccc2[cH-]1.[Cl-].[Cl-].[Zr+2]=[SiH]Cc1ccccc1. The minimum absolute atomic E-state index is 0. The van der Waals surface area contributed by atoms with Crippen LogP contribution < -0.4 is 24.8 Å². The third kappa shape index (κ3) is 11.5. The molecule has 0 aliphatic heterocycles. The molecule has 7 rings (SSSR count). The molecule has 0 unspecified atom stereocenters. The van der Waals surface area contributed by atoms with E-state index >= 15 is 0 Å². The summed E-state index contributed by atoms with van der Waals surface area (Å²) in [6.45, 7) is 4.18. The van der Waals surface area contributed by atoms with Gasteiger partial charge in [-0.2, -0.15) is 38.5 Å². The number of hydrogen-bond acceptors (Lipinski definition) is 0. The maximum absolute atomic E-state index is 12.6. The molecule has 0 amide bonds. The summed E-state index contributed by atoms with van der Waals surface area (Å²) in [6, 6.07) is 43.1. The quantitative estimate of drug-likeness (QED) is 0.0993. The Balaban J connectivity index is 0.000000226. The van der Waals surface area contributed by atoms with Crippen LogP contribution in [0.25, 0.3) is 43.8 Å². The van der Waals surface area contributed by atoms with Gasteiger partial charge in [-0.25, -0.2) is 0 Å². The van der Waals surface area contributed by atoms with Crippen molar-refractivity contribution in [3.8, 4) is 22.3 Å². The van der Waals surface area contributed by atoms with Crippen LogP contribution in [0.15, 0.2) is 140 Å². The summed E-state index contributed by atoms with van der Waals surface area (Å²) in [7, 11) is 0. The maximum atomic E-state index is 12.6. The van der Waals surface area contributed by atoms with Crippen LogP contribution in [-0.2, 0) is 54.6 Å². The van der Waals surface area contributed by atoms with Crippen LogP contribution in [-0.4, -0.2) is 6.16 Å². The molecule has 0 N–H and O–H groups in total. The molecule has 0 saturated carbocycles. The van der Waals surface area contributed by atoms with E-state index in [2.05, 4.69) is 68.4 Å². The van der Waals surface area contributed by atoms with Gasteiger partial charge in [0.1, 0.15) is 0 Å². The van der Waals surface area contributed by atoms with Crippen molar-refractivity contribution in [1.29, 1.82) is 0 Å².